The first-order valence-electron chi connectivity index (χ1n) is 5.07. The van der Waals surface area contributed by atoms with Crippen molar-refractivity contribution in [3.8, 4) is 0 Å². The predicted octanol–water partition coefficient (Wildman–Crippen LogP) is 2.75. The summed E-state index contributed by atoms with van der Waals surface area (Å²) >= 11 is 0. The predicted molar refractivity (Wildman–Crippen MR) is 59.8 cm³/mol. The molecule has 1 aromatic heterocycles. The molecule has 0 saturated carbocycles. The van der Waals surface area contributed by atoms with Crippen molar-refractivity contribution in [2.24, 2.45) is 0 Å². The SMILES string of the molecule is O=c1ccc2ccc3c(c2o1)CCC=C3. The third-order valence-corrected chi connectivity index (χ3v) is 2.79. The first-order chi connectivity index (χ1) is 7.34. The zero-order chi connectivity index (χ0) is 10.3. The van der Waals surface area contributed by atoms with Crippen LogP contribution in [-0.4, -0.2) is 0 Å². The van der Waals surface area contributed by atoms with E-state index < -0.39 is 0 Å². The van der Waals surface area contributed by atoms with E-state index in [2.05, 4.69) is 18.2 Å². The zero-order valence-corrected chi connectivity index (χ0v) is 8.19. The Morgan fingerprint density at radius 1 is 1.13 bits per heavy atom. The molecule has 0 saturated heterocycles. The van der Waals surface area contributed by atoms with Gasteiger partial charge in [-0.2, -0.15) is 0 Å². The van der Waals surface area contributed by atoms with Crippen LogP contribution in [0, 0.1) is 0 Å². The molecule has 1 aliphatic carbocycles. The van der Waals surface area contributed by atoms with Crippen molar-refractivity contribution in [3.63, 3.8) is 0 Å². The number of hydrogen-bond donors (Lipinski definition) is 0. The lowest BCUT2D eigenvalue weighted by Crippen LogP contribution is -2.00. The first-order valence-corrected chi connectivity index (χ1v) is 5.07. The van der Waals surface area contributed by atoms with Crippen LogP contribution in [0.3, 0.4) is 0 Å². The number of hydrogen-bond acceptors (Lipinski definition) is 2. The molecule has 0 amide bonds. The third kappa shape index (κ3) is 1.30. The van der Waals surface area contributed by atoms with Crippen molar-refractivity contribution in [1.82, 2.24) is 0 Å². The number of allylic oxidation sites excluding steroid dienone is 1. The lowest BCUT2D eigenvalue weighted by molar-refractivity contribution is 0.556. The molecule has 2 aromatic rings. The standard InChI is InChI=1S/C13H10O2/c14-12-8-7-10-6-5-9-3-1-2-4-11(9)13(10)15-12/h1,3,5-8H,2,4H2. The van der Waals surface area contributed by atoms with Crippen LogP contribution in [-0.2, 0) is 6.42 Å². The van der Waals surface area contributed by atoms with E-state index >= 15 is 0 Å². The molecular weight excluding hydrogens is 188 g/mol. The minimum Gasteiger partial charge on any atom is -0.422 e. The summed E-state index contributed by atoms with van der Waals surface area (Å²) in [7, 11) is 0. The van der Waals surface area contributed by atoms with E-state index in [-0.39, 0.29) is 5.63 Å². The van der Waals surface area contributed by atoms with Gasteiger partial charge in [0, 0.05) is 17.0 Å². The van der Waals surface area contributed by atoms with E-state index in [9.17, 15) is 4.79 Å². The molecule has 3 rings (SSSR count). The highest BCUT2D eigenvalue weighted by Gasteiger charge is 2.10. The summed E-state index contributed by atoms with van der Waals surface area (Å²) in [6.45, 7) is 0. The van der Waals surface area contributed by atoms with Crippen molar-refractivity contribution in [3.05, 3.63) is 51.9 Å². The quantitative estimate of drug-likeness (QED) is 0.609. The molecule has 1 heterocycles. The third-order valence-electron chi connectivity index (χ3n) is 2.79. The second-order valence-electron chi connectivity index (χ2n) is 3.75. The molecule has 1 aliphatic rings. The van der Waals surface area contributed by atoms with Crippen LogP contribution in [0.4, 0.5) is 0 Å². The summed E-state index contributed by atoms with van der Waals surface area (Å²) in [5.41, 5.74) is 2.81. The minimum atomic E-state index is -0.273. The van der Waals surface area contributed by atoms with Gasteiger partial charge in [0.25, 0.3) is 0 Å². The van der Waals surface area contributed by atoms with Crippen molar-refractivity contribution < 1.29 is 4.42 Å². The summed E-state index contributed by atoms with van der Waals surface area (Å²) in [5.74, 6) is 0. The van der Waals surface area contributed by atoms with E-state index in [0.29, 0.717) is 0 Å². The van der Waals surface area contributed by atoms with Gasteiger partial charge in [-0.3, -0.25) is 0 Å². The topological polar surface area (TPSA) is 30.2 Å². The Labute approximate surface area is 86.8 Å². The normalized spacial score (nSPS) is 14.1. The molecule has 2 nitrogen and oxygen atoms in total. The van der Waals surface area contributed by atoms with Crippen molar-refractivity contribution in [1.29, 1.82) is 0 Å². The van der Waals surface area contributed by atoms with Gasteiger partial charge >= 0.3 is 5.63 Å². The van der Waals surface area contributed by atoms with Crippen LogP contribution in [0.1, 0.15) is 17.5 Å². The summed E-state index contributed by atoms with van der Waals surface area (Å²) in [5, 5.41) is 1.00. The molecule has 15 heavy (non-hydrogen) atoms. The van der Waals surface area contributed by atoms with Crippen LogP contribution in [0.25, 0.3) is 17.0 Å². The van der Waals surface area contributed by atoms with Gasteiger partial charge in [0.1, 0.15) is 5.58 Å². The molecule has 0 fully saturated rings. The number of aryl methyl sites for hydroxylation is 1. The smallest absolute Gasteiger partial charge is 0.336 e. The Hall–Kier alpha value is -1.83. The van der Waals surface area contributed by atoms with Crippen molar-refractivity contribution in [2.75, 3.05) is 0 Å². The molecular formula is C13H10O2. The van der Waals surface area contributed by atoms with E-state index in [4.69, 9.17) is 4.42 Å². The summed E-state index contributed by atoms with van der Waals surface area (Å²) < 4.78 is 5.27. The van der Waals surface area contributed by atoms with Gasteiger partial charge in [0.05, 0.1) is 0 Å². The fourth-order valence-corrected chi connectivity index (χ4v) is 2.06. The fraction of sp³-hybridized carbons (Fsp3) is 0.154. The van der Waals surface area contributed by atoms with Crippen LogP contribution >= 0.6 is 0 Å². The monoisotopic (exact) mass is 198 g/mol. The molecule has 1 aromatic carbocycles. The molecule has 0 radical (unpaired) electrons. The maximum Gasteiger partial charge on any atom is 0.336 e. The summed E-state index contributed by atoms with van der Waals surface area (Å²) in [4.78, 5) is 11.2. The number of rotatable bonds is 0. The van der Waals surface area contributed by atoms with Crippen LogP contribution in [0.15, 0.2) is 39.6 Å². The van der Waals surface area contributed by atoms with Gasteiger partial charge in [-0.25, -0.2) is 4.79 Å². The Bertz CT molecular complexity index is 605. The molecule has 0 unspecified atom stereocenters. The Morgan fingerprint density at radius 2 is 2.00 bits per heavy atom. The molecule has 2 heteroatoms. The maximum absolute atomic E-state index is 11.2. The minimum absolute atomic E-state index is 0.273. The molecule has 74 valence electrons. The Balaban J connectivity index is 2.45. The van der Waals surface area contributed by atoms with E-state index in [1.165, 1.54) is 11.6 Å². The molecule has 0 atom stereocenters. The average molecular weight is 198 g/mol. The van der Waals surface area contributed by atoms with Gasteiger partial charge < -0.3 is 4.42 Å². The molecule has 0 bridgehead atoms. The lowest BCUT2D eigenvalue weighted by atomic mass is 9.95. The van der Waals surface area contributed by atoms with E-state index in [1.54, 1.807) is 0 Å². The molecule has 0 spiro atoms. The number of benzene rings is 1. The maximum atomic E-state index is 11.2. The van der Waals surface area contributed by atoms with Crippen molar-refractivity contribution in [2.45, 2.75) is 12.8 Å². The van der Waals surface area contributed by atoms with Gasteiger partial charge in [0.2, 0.25) is 0 Å². The highest BCUT2D eigenvalue weighted by atomic mass is 16.4. The van der Waals surface area contributed by atoms with E-state index in [0.717, 1.165) is 29.4 Å². The van der Waals surface area contributed by atoms with Gasteiger partial charge in [-0.05, 0) is 24.5 Å². The Kier molecular flexibility index (Phi) is 1.75. The average Bonchev–Trinajstić information content (AvgIpc) is 2.29. The largest absolute Gasteiger partial charge is 0.422 e. The highest BCUT2D eigenvalue weighted by molar-refractivity contribution is 5.84. The van der Waals surface area contributed by atoms with Crippen LogP contribution in [0.2, 0.25) is 0 Å². The fourth-order valence-electron chi connectivity index (χ4n) is 2.06. The molecule has 0 aliphatic heterocycles. The second-order valence-corrected chi connectivity index (χ2v) is 3.75. The second kappa shape index (κ2) is 3.09. The summed E-state index contributed by atoms with van der Waals surface area (Å²) in [6.07, 6.45) is 6.21. The van der Waals surface area contributed by atoms with Crippen molar-refractivity contribution >= 4 is 17.0 Å². The Morgan fingerprint density at radius 3 is 2.93 bits per heavy atom. The van der Waals surface area contributed by atoms with Gasteiger partial charge in [-0.1, -0.05) is 24.3 Å². The van der Waals surface area contributed by atoms with Gasteiger partial charge in [-0.15, -0.1) is 0 Å². The molecule has 0 N–H and O–H groups in total. The van der Waals surface area contributed by atoms with Crippen LogP contribution < -0.4 is 5.63 Å². The highest BCUT2D eigenvalue weighted by Crippen LogP contribution is 2.26. The summed E-state index contributed by atoms with van der Waals surface area (Å²) in [6, 6.07) is 7.35. The van der Waals surface area contributed by atoms with E-state index in [1.807, 2.05) is 12.1 Å². The van der Waals surface area contributed by atoms with Gasteiger partial charge in [0.15, 0.2) is 0 Å². The van der Waals surface area contributed by atoms with Crippen LogP contribution in [0.5, 0.6) is 0 Å². The lowest BCUT2D eigenvalue weighted by Gasteiger charge is -2.11. The number of fused-ring (bicyclic) bond motifs is 3. The zero-order valence-electron chi connectivity index (χ0n) is 8.19. The first kappa shape index (κ1) is 8.48.